The second-order valence-electron chi connectivity index (χ2n) is 13.6. The largest absolute Gasteiger partial charge is 0.311 e. The summed E-state index contributed by atoms with van der Waals surface area (Å²) in [5.41, 5.74) is 14.9. The average Bonchev–Trinajstić information content (AvgIpc) is 3.57. The van der Waals surface area contributed by atoms with Crippen LogP contribution in [0.2, 0.25) is 0 Å². The van der Waals surface area contributed by atoms with Crippen LogP contribution in [0.4, 0.5) is 34.1 Å². The monoisotopic (exact) mass is 693 g/mol. The van der Waals surface area contributed by atoms with Crippen molar-refractivity contribution in [2.24, 2.45) is 0 Å². The molecule has 0 aliphatic rings. The molecule has 0 bridgehead atoms. The van der Waals surface area contributed by atoms with Crippen LogP contribution < -0.4 is 9.80 Å². The molecular formula is C51H39N3. The van der Waals surface area contributed by atoms with Crippen LogP contribution in [0.25, 0.3) is 44.7 Å². The van der Waals surface area contributed by atoms with Gasteiger partial charge in [0.05, 0.1) is 11.0 Å². The van der Waals surface area contributed by atoms with Crippen molar-refractivity contribution in [2.75, 3.05) is 9.80 Å². The van der Waals surface area contributed by atoms with Gasteiger partial charge in [-0.1, -0.05) is 121 Å². The number of hydrogen-bond acceptors (Lipinski definition) is 2. The first-order valence-electron chi connectivity index (χ1n) is 18.4. The van der Waals surface area contributed by atoms with Crippen molar-refractivity contribution in [2.45, 2.75) is 6.92 Å². The van der Waals surface area contributed by atoms with Gasteiger partial charge in [-0.15, -0.1) is 0 Å². The summed E-state index contributed by atoms with van der Waals surface area (Å²) < 4.78 is 2.36. The number of anilines is 6. The molecule has 258 valence electrons. The first kappa shape index (κ1) is 32.8. The number of aryl methyl sites for hydroxylation is 1. The van der Waals surface area contributed by atoms with Gasteiger partial charge in [0, 0.05) is 50.6 Å². The highest BCUT2D eigenvalue weighted by Crippen LogP contribution is 2.41. The van der Waals surface area contributed by atoms with Gasteiger partial charge >= 0.3 is 0 Å². The zero-order valence-electron chi connectivity index (χ0n) is 30.2. The molecule has 0 spiro atoms. The maximum Gasteiger partial charge on any atom is 0.0542 e. The summed E-state index contributed by atoms with van der Waals surface area (Å²) in [5.74, 6) is 0. The number of aromatic nitrogens is 1. The Hall–Kier alpha value is -7.10. The van der Waals surface area contributed by atoms with Crippen molar-refractivity contribution < 1.29 is 0 Å². The third-order valence-electron chi connectivity index (χ3n) is 10.2. The molecule has 0 atom stereocenters. The summed E-state index contributed by atoms with van der Waals surface area (Å²) in [7, 11) is 0. The second kappa shape index (κ2) is 14.1. The van der Waals surface area contributed by atoms with Crippen LogP contribution in [0.5, 0.6) is 0 Å². The fourth-order valence-corrected chi connectivity index (χ4v) is 7.49. The van der Waals surface area contributed by atoms with E-state index in [-0.39, 0.29) is 0 Å². The molecule has 54 heavy (non-hydrogen) atoms. The summed E-state index contributed by atoms with van der Waals surface area (Å²) in [6.07, 6.45) is 1.88. The normalized spacial score (nSPS) is 11.1. The zero-order valence-corrected chi connectivity index (χ0v) is 30.2. The summed E-state index contributed by atoms with van der Waals surface area (Å²) in [6.45, 7) is 6.06. The minimum absolute atomic E-state index is 1.10. The molecule has 9 aromatic rings. The number of fused-ring (bicyclic) bond motifs is 3. The molecule has 0 amide bonds. The number of para-hydroxylation sites is 3. The minimum Gasteiger partial charge on any atom is -0.311 e. The van der Waals surface area contributed by atoms with Gasteiger partial charge < -0.3 is 14.4 Å². The molecule has 1 heterocycles. The van der Waals surface area contributed by atoms with Crippen LogP contribution in [-0.2, 0) is 0 Å². The Morgan fingerprint density at radius 3 is 1.41 bits per heavy atom. The van der Waals surface area contributed by atoms with E-state index in [1.807, 2.05) is 6.08 Å². The van der Waals surface area contributed by atoms with Gasteiger partial charge in [-0.05, 0) is 121 Å². The van der Waals surface area contributed by atoms with Crippen molar-refractivity contribution >= 4 is 62.0 Å². The van der Waals surface area contributed by atoms with E-state index in [0.29, 0.717) is 0 Å². The van der Waals surface area contributed by atoms with Crippen molar-refractivity contribution in [1.29, 1.82) is 0 Å². The number of hydrogen-bond donors (Lipinski definition) is 0. The fourth-order valence-electron chi connectivity index (χ4n) is 7.49. The fraction of sp³-hybridized carbons (Fsp3) is 0.0196. The number of nitrogens with zero attached hydrogens (tertiary/aromatic N) is 3. The SMILES string of the molecule is C=Cc1ccc(-n2c3ccccc3c3cc(N(c4ccccc4)c4ccc(-c5ccc(N(c6ccccc6)c6ccc(C)cc6)cc5)cc4)ccc32)cc1. The predicted octanol–water partition coefficient (Wildman–Crippen LogP) is 14.3. The highest BCUT2D eigenvalue weighted by Gasteiger charge is 2.18. The molecular weight excluding hydrogens is 655 g/mol. The van der Waals surface area contributed by atoms with Gasteiger partial charge in [0.2, 0.25) is 0 Å². The standard InChI is InChI=1S/C51H39N3/c1-3-38-20-28-46(29-21-38)54-50-17-11-10-16-48(50)49-36-47(34-35-51(49)54)53(42-14-8-5-9-15-42)45-32-24-40(25-33-45)39-22-30-44(31-23-39)52(41-12-6-4-7-13-41)43-26-18-37(2)19-27-43/h3-36H,1H2,2H3. The van der Waals surface area contributed by atoms with Crippen LogP contribution >= 0.6 is 0 Å². The molecule has 0 unspecified atom stereocenters. The lowest BCUT2D eigenvalue weighted by atomic mass is 10.0. The maximum atomic E-state index is 3.94. The average molecular weight is 694 g/mol. The molecule has 0 saturated heterocycles. The maximum absolute atomic E-state index is 3.94. The highest BCUT2D eigenvalue weighted by molar-refractivity contribution is 6.10. The van der Waals surface area contributed by atoms with Gasteiger partial charge in [-0.25, -0.2) is 0 Å². The lowest BCUT2D eigenvalue weighted by Gasteiger charge is -2.26. The quantitative estimate of drug-likeness (QED) is 0.149. The predicted molar refractivity (Wildman–Crippen MR) is 230 cm³/mol. The van der Waals surface area contributed by atoms with E-state index in [2.05, 4.69) is 228 Å². The third-order valence-corrected chi connectivity index (χ3v) is 10.2. The topological polar surface area (TPSA) is 11.4 Å². The van der Waals surface area contributed by atoms with Crippen LogP contribution in [0.15, 0.2) is 207 Å². The lowest BCUT2D eigenvalue weighted by molar-refractivity contribution is 1.18. The Morgan fingerprint density at radius 1 is 0.407 bits per heavy atom. The second-order valence-corrected chi connectivity index (χ2v) is 13.6. The Kier molecular flexibility index (Phi) is 8.58. The van der Waals surface area contributed by atoms with Gasteiger partial charge in [-0.3, -0.25) is 0 Å². The Bertz CT molecular complexity index is 2690. The lowest BCUT2D eigenvalue weighted by Crippen LogP contribution is -2.10. The highest BCUT2D eigenvalue weighted by atomic mass is 15.1. The Morgan fingerprint density at radius 2 is 0.852 bits per heavy atom. The molecule has 0 aliphatic carbocycles. The molecule has 3 heteroatoms. The Balaban J connectivity index is 1.08. The van der Waals surface area contributed by atoms with E-state index >= 15 is 0 Å². The molecule has 8 aromatic carbocycles. The first-order chi connectivity index (χ1) is 26.6. The van der Waals surface area contributed by atoms with Crippen molar-refractivity contribution in [3.05, 3.63) is 218 Å². The van der Waals surface area contributed by atoms with Gasteiger partial charge in [-0.2, -0.15) is 0 Å². The molecule has 3 nitrogen and oxygen atoms in total. The van der Waals surface area contributed by atoms with Crippen LogP contribution in [0.3, 0.4) is 0 Å². The summed E-state index contributed by atoms with van der Waals surface area (Å²) in [6, 6.07) is 71.8. The van der Waals surface area contributed by atoms with Crippen molar-refractivity contribution in [3.8, 4) is 16.8 Å². The van der Waals surface area contributed by atoms with E-state index < -0.39 is 0 Å². The van der Waals surface area contributed by atoms with E-state index in [0.717, 1.165) is 45.4 Å². The van der Waals surface area contributed by atoms with E-state index in [1.54, 1.807) is 0 Å². The molecule has 0 fully saturated rings. The molecule has 0 radical (unpaired) electrons. The van der Waals surface area contributed by atoms with E-state index in [9.17, 15) is 0 Å². The van der Waals surface area contributed by atoms with E-state index in [4.69, 9.17) is 0 Å². The minimum atomic E-state index is 1.10. The summed E-state index contributed by atoms with van der Waals surface area (Å²) >= 11 is 0. The smallest absolute Gasteiger partial charge is 0.0542 e. The Labute approximate surface area is 316 Å². The third kappa shape index (κ3) is 6.12. The number of benzene rings is 8. The van der Waals surface area contributed by atoms with Gasteiger partial charge in [0.15, 0.2) is 0 Å². The molecule has 0 N–H and O–H groups in total. The first-order valence-corrected chi connectivity index (χ1v) is 18.4. The van der Waals surface area contributed by atoms with Crippen LogP contribution in [0, 0.1) is 6.92 Å². The molecule has 0 aliphatic heterocycles. The zero-order chi connectivity index (χ0) is 36.4. The summed E-state index contributed by atoms with van der Waals surface area (Å²) in [4.78, 5) is 4.65. The van der Waals surface area contributed by atoms with E-state index in [1.165, 1.54) is 38.5 Å². The van der Waals surface area contributed by atoms with Gasteiger partial charge in [0.25, 0.3) is 0 Å². The molecule has 9 rings (SSSR count). The van der Waals surface area contributed by atoms with Crippen LogP contribution in [0.1, 0.15) is 11.1 Å². The van der Waals surface area contributed by atoms with Crippen molar-refractivity contribution in [3.63, 3.8) is 0 Å². The molecule has 1 aromatic heterocycles. The summed E-state index contributed by atoms with van der Waals surface area (Å²) in [5, 5.41) is 2.44. The van der Waals surface area contributed by atoms with Crippen molar-refractivity contribution in [1.82, 2.24) is 4.57 Å². The van der Waals surface area contributed by atoms with Crippen LogP contribution in [-0.4, -0.2) is 4.57 Å². The number of rotatable bonds is 9. The molecule has 0 saturated carbocycles. The van der Waals surface area contributed by atoms with Gasteiger partial charge in [0.1, 0.15) is 0 Å².